The van der Waals surface area contributed by atoms with Crippen molar-refractivity contribution in [2.45, 2.75) is 31.7 Å². The molecule has 1 aromatic carbocycles. The number of imidazole rings is 1. The molecule has 7 nitrogen and oxygen atoms in total. The Balaban J connectivity index is 0.00000202. The number of aromatic amines is 1. The minimum Gasteiger partial charge on any atom is -1.00 e. The summed E-state index contributed by atoms with van der Waals surface area (Å²) in [4.78, 5) is 11.6. The van der Waals surface area contributed by atoms with Gasteiger partial charge in [0.05, 0.1) is 17.6 Å². The van der Waals surface area contributed by atoms with Crippen LogP contribution < -0.4 is 27.2 Å². The van der Waals surface area contributed by atoms with E-state index in [1.807, 2.05) is 18.2 Å². The summed E-state index contributed by atoms with van der Waals surface area (Å²) < 4.78 is 44.6. The van der Waals surface area contributed by atoms with Gasteiger partial charge >= 0.3 is 6.18 Å². The van der Waals surface area contributed by atoms with Crippen LogP contribution in [0.3, 0.4) is 0 Å². The Hall–Kier alpha value is -2.21. The van der Waals surface area contributed by atoms with Crippen molar-refractivity contribution in [3.63, 3.8) is 0 Å². The molecule has 0 bridgehead atoms. The highest BCUT2D eigenvalue weighted by Crippen LogP contribution is 2.37. The molecule has 0 radical (unpaired) electrons. The van der Waals surface area contributed by atoms with Crippen LogP contribution in [-0.4, -0.2) is 59.2 Å². The molecule has 6 rings (SSSR count). The maximum absolute atomic E-state index is 13.4. The smallest absolute Gasteiger partial charge is 0.434 e. The first-order valence-electron chi connectivity index (χ1n) is 13.4. The molecule has 0 saturated carbocycles. The van der Waals surface area contributed by atoms with E-state index in [0.29, 0.717) is 24.0 Å². The third-order valence-corrected chi connectivity index (χ3v) is 8.54. The molecule has 1 atom stereocenters. The fraction of sp³-hybridized carbons (Fsp3) is 0.429. The number of alkyl halides is 3. The van der Waals surface area contributed by atoms with E-state index < -0.39 is 16.9 Å². The minimum atomic E-state index is -4.61. The molecule has 5 heterocycles. The first-order valence-corrected chi connectivity index (χ1v) is 14.2. The number of likely N-dealkylation sites (N-methyl/N-ethyl adjacent to an activating group) is 1. The average molecular weight is 665 g/mol. The van der Waals surface area contributed by atoms with E-state index in [0.717, 1.165) is 50.0 Å². The fourth-order valence-electron chi connectivity index (χ4n) is 5.73. The van der Waals surface area contributed by atoms with Crippen LogP contribution in [0, 0.1) is 5.92 Å². The van der Waals surface area contributed by atoms with Crippen LogP contribution in [0.25, 0.3) is 10.9 Å². The number of nitrogens with one attached hydrogen (secondary N) is 2. The Bertz CT molecular complexity index is 1520. The Kier molecular flexibility index (Phi) is 10.3. The van der Waals surface area contributed by atoms with Crippen LogP contribution in [0.5, 0.6) is 0 Å². The largest absolute Gasteiger partial charge is 1.00 e. The van der Waals surface area contributed by atoms with E-state index in [1.54, 1.807) is 11.9 Å². The van der Waals surface area contributed by atoms with E-state index in [-0.39, 0.29) is 36.7 Å². The standard InChI is InChI=1S/C28H31Cl2F3N7.2ClH/c1-37(25-5-3-22(30)27(36-25)28(31,32)33)8-11-40-7-6-20-21-12-19(29)2-4-23(21)35-26(20)24(40)16-39-10-9-38(17-39)15-18-13-34-14-18;;/h2-5,9-10,12,17-18,24,34-35H,6-8,11,13-16H2,1H3;2*1H/q+1;;/p-1. The minimum absolute atomic E-state index is 0. The molecule has 42 heavy (non-hydrogen) atoms. The predicted molar refractivity (Wildman–Crippen MR) is 157 cm³/mol. The van der Waals surface area contributed by atoms with E-state index in [9.17, 15) is 13.2 Å². The lowest BCUT2D eigenvalue weighted by molar-refractivity contribution is -0.702. The van der Waals surface area contributed by atoms with Crippen molar-refractivity contribution in [3.05, 3.63) is 76.0 Å². The number of anilines is 1. The first-order chi connectivity index (χ1) is 19.2. The fourth-order valence-corrected chi connectivity index (χ4v) is 6.11. The van der Waals surface area contributed by atoms with E-state index >= 15 is 0 Å². The second-order valence-corrected chi connectivity index (χ2v) is 11.6. The van der Waals surface area contributed by atoms with Crippen molar-refractivity contribution in [2.75, 3.05) is 44.7 Å². The molecule has 0 amide bonds. The van der Waals surface area contributed by atoms with Gasteiger partial charge in [0.25, 0.3) is 0 Å². The molecule has 2 aliphatic heterocycles. The zero-order valence-electron chi connectivity index (χ0n) is 22.8. The van der Waals surface area contributed by atoms with Crippen LogP contribution in [0.4, 0.5) is 19.0 Å². The van der Waals surface area contributed by atoms with Gasteiger partial charge in [0.2, 0.25) is 6.33 Å². The number of halogens is 7. The number of pyridine rings is 1. The van der Waals surface area contributed by atoms with Crippen LogP contribution in [0.1, 0.15) is 23.0 Å². The summed E-state index contributed by atoms with van der Waals surface area (Å²) in [6, 6.07) is 8.78. The Labute approximate surface area is 264 Å². The van der Waals surface area contributed by atoms with Crippen molar-refractivity contribution in [1.29, 1.82) is 0 Å². The van der Waals surface area contributed by atoms with Gasteiger partial charge in [0.15, 0.2) is 5.69 Å². The van der Waals surface area contributed by atoms with E-state index in [1.165, 1.54) is 23.4 Å². The zero-order chi connectivity index (χ0) is 28.0. The van der Waals surface area contributed by atoms with Gasteiger partial charge in [0.1, 0.15) is 24.8 Å². The summed E-state index contributed by atoms with van der Waals surface area (Å²) >= 11 is 12.1. The van der Waals surface area contributed by atoms with Gasteiger partial charge in [-0.3, -0.25) is 4.90 Å². The molecule has 1 fully saturated rings. The summed E-state index contributed by atoms with van der Waals surface area (Å²) in [6.45, 7) is 5.81. The Morgan fingerprint density at radius 3 is 2.67 bits per heavy atom. The van der Waals surface area contributed by atoms with Crippen LogP contribution in [0.15, 0.2) is 49.1 Å². The lowest BCUT2D eigenvalue weighted by atomic mass is 9.97. The van der Waals surface area contributed by atoms with Gasteiger partial charge in [-0.2, -0.15) is 13.2 Å². The number of fused-ring (bicyclic) bond motifs is 3. The van der Waals surface area contributed by atoms with Gasteiger partial charge in [-0.1, -0.05) is 23.2 Å². The van der Waals surface area contributed by atoms with Crippen molar-refractivity contribution < 1.29 is 30.1 Å². The van der Waals surface area contributed by atoms with Crippen molar-refractivity contribution >= 4 is 52.3 Å². The Morgan fingerprint density at radius 1 is 1.17 bits per heavy atom. The van der Waals surface area contributed by atoms with Gasteiger partial charge < -0.3 is 27.6 Å². The van der Waals surface area contributed by atoms with Crippen molar-refractivity contribution in [1.82, 2.24) is 24.8 Å². The van der Waals surface area contributed by atoms with E-state index in [4.69, 9.17) is 23.2 Å². The van der Waals surface area contributed by atoms with Crippen molar-refractivity contribution in [3.8, 4) is 0 Å². The number of hydrogen-bond donors (Lipinski definition) is 2. The SMILES string of the molecule is CN(CCN1CCc2c([nH]c3ccc(Cl)cc23)C1C[n+]1ccn(CC2CNC2)c1)c1ccc(Cl)c(C(F)(F)F)n1.Cl.[Cl-]. The molecular weight excluding hydrogens is 633 g/mol. The highest BCUT2D eigenvalue weighted by Gasteiger charge is 2.36. The van der Waals surface area contributed by atoms with Gasteiger partial charge in [-0.05, 0) is 42.3 Å². The third-order valence-electron chi connectivity index (χ3n) is 8.00. The summed E-state index contributed by atoms with van der Waals surface area (Å²) in [7, 11) is 1.76. The highest BCUT2D eigenvalue weighted by molar-refractivity contribution is 6.31. The number of rotatable bonds is 8. The molecule has 1 saturated heterocycles. The van der Waals surface area contributed by atoms with Gasteiger partial charge in [-0.25, -0.2) is 14.1 Å². The van der Waals surface area contributed by atoms with E-state index in [2.05, 4.69) is 48.0 Å². The maximum Gasteiger partial charge on any atom is 0.434 e. The normalized spacial score (nSPS) is 17.3. The monoisotopic (exact) mass is 663 g/mol. The third kappa shape index (κ3) is 6.79. The number of benzene rings is 1. The first kappa shape index (κ1) is 32.7. The van der Waals surface area contributed by atoms with Gasteiger partial charge in [-0.15, -0.1) is 12.4 Å². The molecule has 2 N–H and O–H groups in total. The Morgan fingerprint density at radius 2 is 1.95 bits per heavy atom. The molecule has 4 aromatic rings. The van der Waals surface area contributed by atoms with Crippen LogP contribution in [-0.2, 0) is 25.7 Å². The van der Waals surface area contributed by atoms with Crippen LogP contribution >= 0.6 is 35.6 Å². The molecule has 2 aliphatic rings. The number of hydrogen-bond acceptors (Lipinski definition) is 4. The lowest BCUT2D eigenvalue weighted by Crippen LogP contribution is -3.00. The average Bonchev–Trinajstić information content (AvgIpc) is 3.49. The number of H-pyrrole nitrogens is 1. The second-order valence-electron chi connectivity index (χ2n) is 10.8. The molecular formula is C28H32Cl4F3N7. The number of nitrogens with zero attached hydrogens (tertiary/aromatic N) is 5. The zero-order valence-corrected chi connectivity index (χ0v) is 25.9. The summed E-state index contributed by atoms with van der Waals surface area (Å²) in [6.07, 6.45) is 2.64. The maximum atomic E-state index is 13.4. The highest BCUT2D eigenvalue weighted by atomic mass is 35.5. The molecule has 228 valence electrons. The molecule has 14 heteroatoms. The molecule has 3 aromatic heterocycles. The number of aromatic nitrogens is 4. The topological polar surface area (TPSA) is 56.0 Å². The summed E-state index contributed by atoms with van der Waals surface area (Å²) in [5, 5.41) is 4.78. The lowest BCUT2D eigenvalue weighted by Gasteiger charge is -2.36. The quantitative estimate of drug-likeness (QED) is 0.284. The van der Waals surface area contributed by atoms with Crippen molar-refractivity contribution in [2.24, 2.45) is 5.92 Å². The second kappa shape index (κ2) is 13.2. The van der Waals surface area contributed by atoms with Gasteiger partial charge in [0, 0.05) is 67.3 Å². The summed E-state index contributed by atoms with van der Waals surface area (Å²) in [5.41, 5.74) is 2.44. The molecule has 1 unspecified atom stereocenters. The van der Waals surface area contributed by atoms with Crippen LogP contribution in [0.2, 0.25) is 10.0 Å². The molecule has 0 spiro atoms. The summed E-state index contributed by atoms with van der Waals surface area (Å²) in [5.74, 6) is 0.898. The molecule has 0 aliphatic carbocycles. The predicted octanol–water partition coefficient (Wildman–Crippen LogP) is 2.36.